The third-order valence-electron chi connectivity index (χ3n) is 0.166. The summed E-state index contributed by atoms with van der Waals surface area (Å²) < 4.78 is 13.1. The summed E-state index contributed by atoms with van der Waals surface area (Å²) in [6, 6.07) is 0. The predicted molar refractivity (Wildman–Crippen MR) is 26.5 cm³/mol. The van der Waals surface area contributed by atoms with E-state index in [-0.39, 0.29) is 29.6 Å². The third kappa shape index (κ3) is 10.8. The van der Waals surface area contributed by atoms with Gasteiger partial charge in [-0.1, -0.05) is 0 Å². The molecule has 0 spiro atoms. The van der Waals surface area contributed by atoms with E-state index in [0.717, 1.165) is 0 Å². The molecule has 0 aromatic carbocycles. The van der Waals surface area contributed by atoms with Crippen LogP contribution >= 0.6 is 8.69 Å². The zero-order valence-electron chi connectivity index (χ0n) is 3.17. The first-order chi connectivity index (χ1) is 2.77. The van der Waals surface area contributed by atoms with Crippen LogP contribution in [0.25, 0.3) is 0 Å². The third-order valence-corrected chi connectivity index (χ3v) is 0.497. The molecule has 0 heterocycles. The molecule has 0 aliphatic heterocycles. The normalized spacial score (nSPS) is 7.00. The average Bonchev–Trinajstić information content (AvgIpc) is 1.35. The number of carbonyl (C=O) groups excluding carboxylic acids is 1. The van der Waals surface area contributed by atoms with Gasteiger partial charge >= 0.3 is 44.2 Å². The standard InChI is InChI=1S/C2H3O3P.Na.H/c1-2(3)5-6-4;;/h1H3;;. The Morgan fingerprint density at radius 3 is 2.14 bits per heavy atom. The summed E-state index contributed by atoms with van der Waals surface area (Å²) in [5.41, 5.74) is 0. The van der Waals surface area contributed by atoms with Gasteiger partial charge in [-0.3, -0.25) is 4.79 Å². The van der Waals surface area contributed by atoms with Crippen molar-refractivity contribution in [3.63, 3.8) is 0 Å². The van der Waals surface area contributed by atoms with E-state index < -0.39 is 14.7 Å². The fourth-order valence-electron chi connectivity index (χ4n) is 0.0525. The van der Waals surface area contributed by atoms with Crippen LogP contribution in [0.15, 0.2) is 0 Å². The molecule has 0 unspecified atom stereocenters. The van der Waals surface area contributed by atoms with Crippen LogP contribution in [0.4, 0.5) is 0 Å². The monoisotopic (exact) mass is 130 g/mol. The van der Waals surface area contributed by atoms with Crippen LogP contribution in [-0.4, -0.2) is 35.5 Å². The summed E-state index contributed by atoms with van der Waals surface area (Å²) in [5.74, 6) is -0.535. The molecule has 0 aliphatic carbocycles. The van der Waals surface area contributed by atoms with Gasteiger partial charge in [0.05, 0.1) is 0 Å². The second-order valence-corrected chi connectivity index (χ2v) is 0.989. The van der Waals surface area contributed by atoms with Crippen molar-refractivity contribution >= 4 is 44.2 Å². The minimum absolute atomic E-state index is 0. The Hall–Kier alpha value is 0.570. The number of carbonyl (C=O) groups is 1. The Balaban J connectivity index is 0. The van der Waals surface area contributed by atoms with Gasteiger partial charge in [0.2, 0.25) is 0 Å². The van der Waals surface area contributed by atoms with Crippen LogP contribution in [0.1, 0.15) is 6.92 Å². The number of rotatable bonds is 1. The van der Waals surface area contributed by atoms with E-state index in [4.69, 9.17) is 0 Å². The topological polar surface area (TPSA) is 43.4 Å². The Kier molecular flexibility index (Phi) is 9.89. The van der Waals surface area contributed by atoms with E-state index >= 15 is 0 Å². The van der Waals surface area contributed by atoms with Crippen molar-refractivity contribution in [2.24, 2.45) is 0 Å². The van der Waals surface area contributed by atoms with Crippen LogP contribution in [0, 0.1) is 0 Å². The van der Waals surface area contributed by atoms with Crippen molar-refractivity contribution in [2.45, 2.75) is 6.92 Å². The van der Waals surface area contributed by atoms with E-state index in [0.29, 0.717) is 0 Å². The minimum atomic E-state index is -0.576. The first kappa shape index (κ1) is 10.5. The van der Waals surface area contributed by atoms with Crippen LogP contribution in [0.3, 0.4) is 0 Å². The molecule has 3 nitrogen and oxygen atoms in total. The van der Waals surface area contributed by atoms with Crippen molar-refractivity contribution in [3.05, 3.63) is 0 Å². The molecule has 0 saturated carbocycles. The van der Waals surface area contributed by atoms with Gasteiger partial charge in [-0.25, -0.2) is 4.57 Å². The van der Waals surface area contributed by atoms with Gasteiger partial charge in [-0.15, -0.1) is 0 Å². The van der Waals surface area contributed by atoms with Gasteiger partial charge in [0.15, 0.2) is 0 Å². The zero-order chi connectivity index (χ0) is 4.99. The molecule has 0 aromatic heterocycles. The van der Waals surface area contributed by atoms with Gasteiger partial charge < -0.3 is 4.52 Å². The molecule has 0 aromatic rings. The summed E-state index contributed by atoms with van der Waals surface area (Å²) in [4.78, 5) is 9.61. The first-order valence-electron chi connectivity index (χ1n) is 1.27. The average molecular weight is 130 g/mol. The second kappa shape index (κ2) is 6.57. The molecule has 0 aliphatic rings. The molecule has 0 atom stereocenters. The fourth-order valence-corrected chi connectivity index (χ4v) is 0.157. The molecule has 0 bridgehead atoms. The van der Waals surface area contributed by atoms with Crippen LogP contribution in [-0.2, 0) is 13.9 Å². The number of hydrogen-bond donors (Lipinski definition) is 0. The van der Waals surface area contributed by atoms with Crippen molar-refractivity contribution < 1.29 is 13.9 Å². The Labute approximate surface area is 65.0 Å². The number of hydrogen-bond acceptors (Lipinski definition) is 3. The van der Waals surface area contributed by atoms with Gasteiger partial charge in [0.25, 0.3) is 0 Å². The van der Waals surface area contributed by atoms with E-state index in [2.05, 4.69) is 4.52 Å². The quantitative estimate of drug-likeness (QED) is 0.373. The van der Waals surface area contributed by atoms with Crippen molar-refractivity contribution in [2.75, 3.05) is 0 Å². The maximum absolute atomic E-state index is 9.61. The summed E-state index contributed by atoms with van der Waals surface area (Å²) >= 11 is 0. The summed E-state index contributed by atoms with van der Waals surface area (Å²) in [6.07, 6.45) is 0. The second-order valence-electron chi connectivity index (χ2n) is 0.657. The van der Waals surface area contributed by atoms with E-state index in [1.807, 2.05) is 0 Å². The van der Waals surface area contributed by atoms with Gasteiger partial charge in [-0.2, -0.15) is 0 Å². The molecule has 0 fully saturated rings. The molecule has 0 rings (SSSR count). The fraction of sp³-hybridized carbons (Fsp3) is 0.500. The molecule has 0 amide bonds. The molecule has 5 heteroatoms. The van der Waals surface area contributed by atoms with Crippen LogP contribution in [0.5, 0.6) is 0 Å². The van der Waals surface area contributed by atoms with Crippen LogP contribution < -0.4 is 0 Å². The molecule has 36 valence electrons. The summed E-state index contributed by atoms with van der Waals surface area (Å²) in [5, 5.41) is 0. The Morgan fingerprint density at radius 2 is 2.14 bits per heavy atom. The molecular weight excluding hydrogens is 126 g/mol. The molecule has 0 N–H and O–H groups in total. The van der Waals surface area contributed by atoms with Crippen LogP contribution in [0.2, 0.25) is 0 Å². The van der Waals surface area contributed by atoms with Crippen molar-refractivity contribution in [1.29, 1.82) is 0 Å². The maximum atomic E-state index is 9.61. The van der Waals surface area contributed by atoms with Gasteiger partial charge in [-0.05, 0) is 0 Å². The SMILES string of the molecule is CC(=O)OP=O.[NaH]. The Morgan fingerprint density at radius 1 is 1.71 bits per heavy atom. The molecule has 0 saturated heterocycles. The summed E-state index contributed by atoms with van der Waals surface area (Å²) in [7, 11) is -0.576. The molecule has 7 heavy (non-hydrogen) atoms. The van der Waals surface area contributed by atoms with Gasteiger partial charge in [0, 0.05) is 6.92 Å². The van der Waals surface area contributed by atoms with Crippen molar-refractivity contribution in [1.82, 2.24) is 0 Å². The first-order valence-corrected chi connectivity index (χ1v) is 2.00. The van der Waals surface area contributed by atoms with E-state index in [1.165, 1.54) is 6.92 Å². The van der Waals surface area contributed by atoms with Crippen molar-refractivity contribution in [3.8, 4) is 0 Å². The van der Waals surface area contributed by atoms with E-state index in [9.17, 15) is 9.36 Å². The zero-order valence-corrected chi connectivity index (χ0v) is 4.07. The summed E-state index contributed by atoms with van der Waals surface area (Å²) in [6.45, 7) is 1.19. The molecular formula is C2H4NaO3P. The Bertz CT molecular complexity index is 73.3. The molecule has 0 radical (unpaired) electrons. The van der Waals surface area contributed by atoms with E-state index in [1.54, 1.807) is 0 Å². The van der Waals surface area contributed by atoms with Gasteiger partial charge in [0.1, 0.15) is 0 Å². The predicted octanol–water partition coefficient (Wildman–Crippen LogP) is 0.108.